The predicted molar refractivity (Wildman–Crippen MR) is 105 cm³/mol. The number of aryl methyl sites for hydroxylation is 1. The minimum absolute atomic E-state index is 0.222. The van der Waals surface area contributed by atoms with Crippen LogP contribution in [0.1, 0.15) is 16.9 Å². The highest BCUT2D eigenvalue weighted by molar-refractivity contribution is 7.80. The summed E-state index contributed by atoms with van der Waals surface area (Å²) in [6.07, 6.45) is 1.02. The fourth-order valence-corrected chi connectivity index (χ4v) is 3.29. The Balaban J connectivity index is 2.03. The number of hydrogen-bond donors (Lipinski definition) is 1. The summed E-state index contributed by atoms with van der Waals surface area (Å²) in [5.74, 6) is -0.222. The molecule has 24 heavy (non-hydrogen) atoms. The second-order valence-electron chi connectivity index (χ2n) is 6.05. The lowest BCUT2D eigenvalue weighted by Gasteiger charge is -2.26. The van der Waals surface area contributed by atoms with Crippen LogP contribution in [-0.2, 0) is 6.54 Å². The van der Waals surface area contributed by atoms with Gasteiger partial charge in [-0.3, -0.25) is 0 Å². The maximum atomic E-state index is 13.7. The van der Waals surface area contributed by atoms with Crippen LogP contribution in [-0.4, -0.2) is 42.1 Å². The number of thiocarbonyl (C=S) groups is 1. The van der Waals surface area contributed by atoms with Crippen LogP contribution in [0.5, 0.6) is 0 Å². The van der Waals surface area contributed by atoms with E-state index in [4.69, 9.17) is 12.2 Å². The molecule has 0 aliphatic carbocycles. The van der Waals surface area contributed by atoms with Gasteiger partial charge in [-0.25, -0.2) is 4.39 Å². The molecule has 0 saturated carbocycles. The molecule has 1 heterocycles. The largest absolute Gasteiger partial charge is 0.344 e. The van der Waals surface area contributed by atoms with Crippen LogP contribution in [0.15, 0.2) is 35.7 Å². The van der Waals surface area contributed by atoms with Crippen LogP contribution in [0.25, 0.3) is 0 Å². The number of nitrogens with one attached hydrogen (secondary N) is 1. The standard InChI is InChI=1S/C18H24FN3S2/c1-14-7-8-15(12-17(14)19)20-18(23)22(10-5-9-21(2)3)13-16-6-4-11-24-16/h4,6-8,11-12H,5,9-10,13H2,1-3H3,(H,20,23). The first-order valence-corrected chi connectivity index (χ1v) is 9.23. The van der Waals surface area contributed by atoms with E-state index < -0.39 is 0 Å². The van der Waals surface area contributed by atoms with Crippen molar-refractivity contribution in [2.45, 2.75) is 19.9 Å². The molecule has 0 atom stereocenters. The van der Waals surface area contributed by atoms with E-state index in [0.717, 1.165) is 26.1 Å². The van der Waals surface area contributed by atoms with Gasteiger partial charge in [0.15, 0.2) is 5.11 Å². The van der Waals surface area contributed by atoms with Crippen molar-refractivity contribution >= 4 is 34.4 Å². The summed E-state index contributed by atoms with van der Waals surface area (Å²) in [5.41, 5.74) is 1.32. The molecular weight excluding hydrogens is 341 g/mol. The molecule has 6 heteroatoms. The van der Waals surface area contributed by atoms with Gasteiger partial charge in [0.1, 0.15) is 5.82 Å². The van der Waals surface area contributed by atoms with E-state index in [1.807, 2.05) is 12.1 Å². The Labute approximate surface area is 153 Å². The molecule has 1 aromatic heterocycles. The molecule has 3 nitrogen and oxygen atoms in total. The quantitative estimate of drug-likeness (QED) is 0.735. The molecule has 1 aromatic carbocycles. The molecule has 2 aromatic rings. The second kappa shape index (κ2) is 9.11. The average Bonchev–Trinajstić information content (AvgIpc) is 3.02. The van der Waals surface area contributed by atoms with E-state index in [1.54, 1.807) is 24.3 Å². The summed E-state index contributed by atoms with van der Waals surface area (Å²) in [6, 6.07) is 9.26. The summed E-state index contributed by atoms with van der Waals surface area (Å²) in [5, 5.41) is 5.87. The monoisotopic (exact) mass is 365 g/mol. The van der Waals surface area contributed by atoms with Crippen molar-refractivity contribution in [2.75, 3.05) is 32.5 Å². The van der Waals surface area contributed by atoms with Crippen molar-refractivity contribution in [3.63, 3.8) is 0 Å². The third-order valence-corrected chi connectivity index (χ3v) is 4.89. The molecule has 0 spiro atoms. The zero-order valence-corrected chi connectivity index (χ0v) is 16.0. The van der Waals surface area contributed by atoms with E-state index in [-0.39, 0.29) is 5.82 Å². The van der Waals surface area contributed by atoms with E-state index >= 15 is 0 Å². The maximum Gasteiger partial charge on any atom is 0.173 e. The van der Waals surface area contributed by atoms with E-state index in [0.29, 0.717) is 16.4 Å². The Morgan fingerprint density at radius 2 is 2.04 bits per heavy atom. The van der Waals surface area contributed by atoms with Gasteiger partial charge in [0.25, 0.3) is 0 Å². The minimum atomic E-state index is -0.222. The third-order valence-electron chi connectivity index (χ3n) is 3.67. The molecule has 130 valence electrons. The molecule has 2 rings (SSSR count). The highest BCUT2D eigenvalue weighted by Crippen LogP contribution is 2.17. The molecule has 1 N–H and O–H groups in total. The summed E-state index contributed by atoms with van der Waals surface area (Å²) < 4.78 is 13.7. The van der Waals surface area contributed by atoms with E-state index in [9.17, 15) is 4.39 Å². The topological polar surface area (TPSA) is 18.5 Å². The second-order valence-corrected chi connectivity index (χ2v) is 7.47. The van der Waals surface area contributed by atoms with Gasteiger partial charge in [0.2, 0.25) is 0 Å². The van der Waals surface area contributed by atoms with Gasteiger partial charge < -0.3 is 15.1 Å². The van der Waals surface area contributed by atoms with Crippen LogP contribution in [0.2, 0.25) is 0 Å². The fourth-order valence-electron chi connectivity index (χ4n) is 2.29. The number of nitrogens with zero attached hydrogens (tertiary/aromatic N) is 2. The molecule has 0 radical (unpaired) electrons. The number of rotatable bonds is 7. The lowest BCUT2D eigenvalue weighted by molar-refractivity contribution is 0.347. The molecule has 0 fully saturated rings. The summed E-state index contributed by atoms with van der Waals surface area (Å²) in [4.78, 5) is 5.57. The van der Waals surface area contributed by atoms with Crippen molar-refractivity contribution < 1.29 is 4.39 Å². The zero-order valence-electron chi connectivity index (χ0n) is 14.4. The summed E-state index contributed by atoms with van der Waals surface area (Å²) in [7, 11) is 4.13. The van der Waals surface area contributed by atoms with Gasteiger partial charge in [-0.1, -0.05) is 12.1 Å². The van der Waals surface area contributed by atoms with Crippen LogP contribution in [0.4, 0.5) is 10.1 Å². The smallest absolute Gasteiger partial charge is 0.173 e. The van der Waals surface area contributed by atoms with E-state index in [1.165, 1.54) is 10.9 Å². The first-order chi connectivity index (χ1) is 11.5. The number of anilines is 1. The average molecular weight is 366 g/mol. The van der Waals surface area contributed by atoms with Gasteiger partial charge in [-0.15, -0.1) is 11.3 Å². The number of thiophene rings is 1. The normalized spacial score (nSPS) is 10.9. The first-order valence-electron chi connectivity index (χ1n) is 7.95. The Morgan fingerprint density at radius 3 is 2.67 bits per heavy atom. The number of benzene rings is 1. The van der Waals surface area contributed by atoms with Crippen molar-refractivity contribution in [3.8, 4) is 0 Å². The Hall–Kier alpha value is -1.50. The van der Waals surface area contributed by atoms with E-state index in [2.05, 4.69) is 40.7 Å². The summed E-state index contributed by atoms with van der Waals surface area (Å²) in [6.45, 7) is 4.38. The highest BCUT2D eigenvalue weighted by Gasteiger charge is 2.12. The third kappa shape index (κ3) is 5.85. The summed E-state index contributed by atoms with van der Waals surface area (Å²) >= 11 is 7.29. The number of hydrogen-bond acceptors (Lipinski definition) is 3. The maximum absolute atomic E-state index is 13.7. The van der Waals surface area contributed by atoms with Gasteiger partial charge in [-0.2, -0.15) is 0 Å². The molecule has 0 aliphatic rings. The van der Waals surface area contributed by atoms with Crippen LogP contribution >= 0.6 is 23.6 Å². The molecular formula is C18H24FN3S2. The van der Waals surface area contributed by atoms with Crippen molar-refractivity contribution in [3.05, 3.63) is 52.0 Å². The lowest BCUT2D eigenvalue weighted by Crippen LogP contribution is -2.36. The number of halogens is 1. The molecule has 0 amide bonds. The van der Waals surface area contributed by atoms with Crippen LogP contribution in [0.3, 0.4) is 0 Å². The predicted octanol–water partition coefficient (Wildman–Crippen LogP) is 4.35. The Kier molecular flexibility index (Phi) is 7.15. The SMILES string of the molecule is Cc1ccc(NC(=S)N(CCCN(C)C)Cc2cccs2)cc1F. The molecule has 0 aliphatic heterocycles. The van der Waals surface area contributed by atoms with Crippen molar-refractivity contribution in [1.82, 2.24) is 9.80 Å². The fraction of sp³-hybridized carbons (Fsp3) is 0.389. The van der Waals surface area contributed by atoms with Gasteiger partial charge >= 0.3 is 0 Å². The lowest BCUT2D eigenvalue weighted by atomic mass is 10.2. The Morgan fingerprint density at radius 1 is 1.25 bits per heavy atom. The van der Waals surface area contributed by atoms with Crippen molar-refractivity contribution in [2.24, 2.45) is 0 Å². The highest BCUT2D eigenvalue weighted by atomic mass is 32.1. The molecule has 0 bridgehead atoms. The minimum Gasteiger partial charge on any atom is -0.344 e. The van der Waals surface area contributed by atoms with Gasteiger partial charge in [-0.05, 0) is 75.3 Å². The molecule has 0 unspecified atom stereocenters. The van der Waals surface area contributed by atoms with Crippen LogP contribution < -0.4 is 5.32 Å². The van der Waals surface area contributed by atoms with Gasteiger partial charge in [0, 0.05) is 17.1 Å². The van der Waals surface area contributed by atoms with Crippen LogP contribution in [0, 0.1) is 12.7 Å². The van der Waals surface area contributed by atoms with Gasteiger partial charge in [0.05, 0.1) is 6.54 Å². The zero-order chi connectivity index (χ0) is 17.5. The first kappa shape index (κ1) is 18.8. The Bertz CT molecular complexity index is 656. The van der Waals surface area contributed by atoms with Crippen molar-refractivity contribution in [1.29, 1.82) is 0 Å². The molecule has 0 saturated heterocycles.